The molecule has 1 saturated carbocycles. The first kappa shape index (κ1) is 20.3. The average molecular weight is 383 g/mol. The molecular formula is C21H25N3O4. The Morgan fingerprint density at radius 3 is 2.14 bits per heavy atom. The zero-order valence-electron chi connectivity index (χ0n) is 15.5. The first-order chi connectivity index (χ1) is 13.7. The number of aliphatic hydroxyl groups is 2. The summed E-state index contributed by atoms with van der Waals surface area (Å²) in [5.41, 5.74) is 10.8. The van der Waals surface area contributed by atoms with Gasteiger partial charge in [0.2, 0.25) is 0 Å². The van der Waals surface area contributed by atoms with E-state index in [0.29, 0.717) is 13.0 Å². The first-order valence-electron chi connectivity index (χ1n) is 9.36. The third kappa shape index (κ3) is 5.32. The molecule has 0 saturated heterocycles. The standard InChI is InChI=1S/C21H25N3O4/c22-24-23-18-11-17(14-27-12-15-7-3-1-4-8-15)19(25)21(20(18)26)28-13-16-9-5-2-6-10-16/h1-10,17-21,25-26H,11-14H2/t17-,18+,19-,20-,21+/m1/s1. The highest BCUT2D eigenvalue weighted by atomic mass is 16.5. The Balaban J connectivity index is 1.63. The summed E-state index contributed by atoms with van der Waals surface area (Å²) in [6.45, 7) is 0.958. The second-order valence-corrected chi connectivity index (χ2v) is 7.01. The van der Waals surface area contributed by atoms with Crippen molar-refractivity contribution >= 4 is 0 Å². The quantitative estimate of drug-likeness (QED) is 0.414. The van der Waals surface area contributed by atoms with Crippen molar-refractivity contribution in [1.29, 1.82) is 0 Å². The van der Waals surface area contributed by atoms with Crippen LogP contribution in [0.2, 0.25) is 0 Å². The lowest BCUT2D eigenvalue weighted by Gasteiger charge is -2.41. The molecule has 1 aliphatic rings. The van der Waals surface area contributed by atoms with Crippen LogP contribution in [0.5, 0.6) is 0 Å². The van der Waals surface area contributed by atoms with Gasteiger partial charge >= 0.3 is 0 Å². The molecule has 1 aliphatic carbocycles. The minimum atomic E-state index is -1.07. The molecule has 2 aromatic rings. The molecule has 0 heterocycles. The fourth-order valence-corrected chi connectivity index (χ4v) is 3.49. The van der Waals surface area contributed by atoms with Gasteiger partial charge in [0, 0.05) is 10.8 Å². The summed E-state index contributed by atoms with van der Waals surface area (Å²) in [6, 6.07) is 18.6. The van der Waals surface area contributed by atoms with Crippen LogP contribution >= 0.6 is 0 Å². The molecule has 2 N–H and O–H groups in total. The number of aliphatic hydroxyl groups excluding tert-OH is 2. The molecule has 0 spiro atoms. The van der Waals surface area contributed by atoms with Crippen LogP contribution < -0.4 is 0 Å². The molecule has 2 aromatic carbocycles. The monoisotopic (exact) mass is 383 g/mol. The maximum Gasteiger partial charge on any atom is 0.110 e. The summed E-state index contributed by atoms with van der Waals surface area (Å²) in [5.74, 6) is -0.302. The highest BCUT2D eigenvalue weighted by molar-refractivity contribution is 5.14. The molecule has 0 aliphatic heterocycles. The Hall–Kier alpha value is -2.41. The fraction of sp³-hybridized carbons (Fsp3) is 0.429. The minimum absolute atomic E-state index is 0.250. The van der Waals surface area contributed by atoms with Crippen LogP contribution in [0.3, 0.4) is 0 Å². The van der Waals surface area contributed by atoms with E-state index in [1.807, 2.05) is 60.7 Å². The molecule has 0 amide bonds. The Morgan fingerprint density at radius 1 is 0.929 bits per heavy atom. The number of rotatable bonds is 8. The second kappa shape index (κ2) is 10.2. The lowest BCUT2D eigenvalue weighted by molar-refractivity contribution is -0.161. The molecule has 148 valence electrons. The van der Waals surface area contributed by atoms with E-state index < -0.39 is 24.4 Å². The largest absolute Gasteiger partial charge is 0.390 e. The van der Waals surface area contributed by atoms with E-state index in [9.17, 15) is 10.2 Å². The Kier molecular flexibility index (Phi) is 7.42. The topological polar surface area (TPSA) is 108 Å². The summed E-state index contributed by atoms with van der Waals surface area (Å²) < 4.78 is 11.6. The summed E-state index contributed by atoms with van der Waals surface area (Å²) in [7, 11) is 0. The third-order valence-corrected chi connectivity index (χ3v) is 5.02. The van der Waals surface area contributed by atoms with E-state index >= 15 is 0 Å². The molecule has 0 radical (unpaired) electrons. The average Bonchev–Trinajstić information content (AvgIpc) is 2.73. The number of azide groups is 1. The second-order valence-electron chi connectivity index (χ2n) is 7.01. The van der Waals surface area contributed by atoms with Crippen LogP contribution in [0.4, 0.5) is 0 Å². The predicted octanol–water partition coefficient (Wildman–Crippen LogP) is 3.21. The van der Waals surface area contributed by atoms with Gasteiger partial charge < -0.3 is 19.7 Å². The molecule has 0 bridgehead atoms. The van der Waals surface area contributed by atoms with Gasteiger partial charge in [-0.05, 0) is 23.1 Å². The number of benzene rings is 2. The lowest BCUT2D eigenvalue weighted by atomic mass is 9.80. The summed E-state index contributed by atoms with van der Waals surface area (Å²) in [6.07, 6.45) is -2.50. The highest BCUT2D eigenvalue weighted by Gasteiger charge is 2.44. The van der Waals surface area contributed by atoms with E-state index in [-0.39, 0.29) is 19.1 Å². The summed E-state index contributed by atoms with van der Waals surface area (Å²) in [4.78, 5) is 2.84. The van der Waals surface area contributed by atoms with Gasteiger partial charge in [-0.2, -0.15) is 0 Å². The van der Waals surface area contributed by atoms with Crippen LogP contribution in [0.15, 0.2) is 65.8 Å². The first-order valence-corrected chi connectivity index (χ1v) is 9.36. The van der Waals surface area contributed by atoms with E-state index in [4.69, 9.17) is 15.0 Å². The van der Waals surface area contributed by atoms with Gasteiger partial charge in [0.25, 0.3) is 0 Å². The van der Waals surface area contributed by atoms with Crippen molar-refractivity contribution in [1.82, 2.24) is 0 Å². The van der Waals surface area contributed by atoms with Crippen molar-refractivity contribution in [3.8, 4) is 0 Å². The van der Waals surface area contributed by atoms with Crippen LogP contribution in [0.25, 0.3) is 10.4 Å². The zero-order chi connectivity index (χ0) is 19.8. The van der Waals surface area contributed by atoms with Gasteiger partial charge in [0.15, 0.2) is 0 Å². The number of hydrogen-bond acceptors (Lipinski definition) is 5. The van der Waals surface area contributed by atoms with Crippen molar-refractivity contribution in [2.45, 2.75) is 44.0 Å². The van der Waals surface area contributed by atoms with Crippen LogP contribution in [0.1, 0.15) is 17.5 Å². The van der Waals surface area contributed by atoms with Crippen molar-refractivity contribution in [3.05, 3.63) is 82.2 Å². The summed E-state index contributed by atoms with van der Waals surface area (Å²) in [5, 5.41) is 25.0. The predicted molar refractivity (Wildman–Crippen MR) is 104 cm³/mol. The van der Waals surface area contributed by atoms with Crippen molar-refractivity contribution in [2.75, 3.05) is 6.61 Å². The zero-order valence-corrected chi connectivity index (χ0v) is 15.5. The Labute approximate surface area is 164 Å². The normalized spacial score (nSPS) is 27.1. The van der Waals surface area contributed by atoms with Gasteiger partial charge in [-0.25, -0.2) is 0 Å². The van der Waals surface area contributed by atoms with Crippen LogP contribution in [0, 0.1) is 5.92 Å². The molecule has 7 nitrogen and oxygen atoms in total. The maximum atomic E-state index is 10.8. The molecule has 7 heteroatoms. The lowest BCUT2D eigenvalue weighted by Crippen LogP contribution is -2.55. The van der Waals surface area contributed by atoms with Gasteiger partial charge in [-0.3, -0.25) is 0 Å². The van der Waals surface area contributed by atoms with E-state index in [1.165, 1.54) is 0 Å². The fourth-order valence-electron chi connectivity index (χ4n) is 3.49. The molecule has 0 aromatic heterocycles. The number of hydrogen-bond donors (Lipinski definition) is 2. The van der Waals surface area contributed by atoms with Crippen LogP contribution in [-0.2, 0) is 22.7 Å². The maximum absolute atomic E-state index is 10.8. The Bertz CT molecular complexity index is 768. The van der Waals surface area contributed by atoms with E-state index in [1.54, 1.807) is 0 Å². The van der Waals surface area contributed by atoms with Gasteiger partial charge in [-0.1, -0.05) is 65.8 Å². The molecule has 5 atom stereocenters. The smallest absolute Gasteiger partial charge is 0.110 e. The molecule has 28 heavy (non-hydrogen) atoms. The molecular weight excluding hydrogens is 358 g/mol. The van der Waals surface area contributed by atoms with E-state index in [0.717, 1.165) is 11.1 Å². The minimum Gasteiger partial charge on any atom is -0.390 e. The third-order valence-electron chi connectivity index (χ3n) is 5.02. The molecule has 1 fully saturated rings. The number of nitrogens with zero attached hydrogens (tertiary/aromatic N) is 3. The SMILES string of the molecule is [N-]=[N+]=N[C@H]1C[C@H](COCc2ccccc2)[C@@H](O)[C@H](OCc2ccccc2)[C@@H]1O. The van der Waals surface area contributed by atoms with Crippen molar-refractivity contribution < 1.29 is 19.7 Å². The van der Waals surface area contributed by atoms with Gasteiger partial charge in [0.1, 0.15) is 6.10 Å². The highest BCUT2D eigenvalue weighted by Crippen LogP contribution is 2.31. The van der Waals surface area contributed by atoms with Crippen LogP contribution in [-0.4, -0.2) is 41.2 Å². The van der Waals surface area contributed by atoms with Crippen molar-refractivity contribution in [2.24, 2.45) is 11.0 Å². The Morgan fingerprint density at radius 2 is 1.54 bits per heavy atom. The molecule has 0 unspecified atom stereocenters. The van der Waals surface area contributed by atoms with Crippen molar-refractivity contribution in [3.63, 3.8) is 0 Å². The van der Waals surface area contributed by atoms with E-state index in [2.05, 4.69) is 10.0 Å². The van der Waals surface area contributed by atoms with Gasteiger partial charge in [0.05, 0.1) is 38.1 Å². The molecule has 3 rings (SSSR count). The number of ether oxygens (including phenoxy) is 2. The van der Waals surface area contributed by atoms with Gasteiger partial charge in [-0.15, -0.1) is 0 Å². The summed E-state index contributed by atoms with van der Waals surface area (Å²) >= 11 is 0.